The van der Waals surface area contributed by atoms with Crippen molar-refractivity contribution in [3.8, 4) is 0 Å². The SMILES string of the molecule is Cc1cnn(C2CCN(c3cncc(C)n3)C2)c1. The predicted octanol–water partition coefficient (Wildman–Crippen LogP) is 1.74. The van der Waals surface area contributed by atoms with Crippen molar-refractivity contribution >= 4 is 5.82 Å². The van der Waals surface area contributed by atoms with Crippen molar-refractivity contribution in [1.82, 2.24) is 19.7 Å². The number of hydrogen-bond acceptors (Lipinski definition) is 4. The van der Waals surface area contributed by atoms with Gasteiger partial charge in [-0.1, -0.05) is 0 Å². The molecular formula is C13H17N5. The molecule has 0 amide bonds. The van der Waals surface area contributed by atoms with Crippen LogP contribution in [0.2, 0.25) is 0 Å². The second-order valence-corrected chi connectivity index (χ2v) is 4.90. The molecule has 0 bridgehead atoms. The van der Waals surface area contributed by atoms with Crippen molar-refractivity contribution in [3.05, 3.63) is 36.0 Å². The molecule has 3 rings (SSSR count). The van der Waals surface area contributed by atoms with Crippen molar-refractivity contribution in [3.63, 3.8) is 0 Å². The largest absolute Gasteiger partial charge is 0.353 e. The van der Waals surface area contributed by atoms with Crippen molar-refractivity contribution in [2.24, 2.45) is 0 Å². The second-order valence-electron chi connectivity index (χ2n) is 4.90. The molecule has 0 N–H and O–H groups in total. The van der Waals surface area contributed by atoms with Gasteiger partial charge < -0.3 is 4.90 Å². The minimum atomic E-state index is 0.445. The summed E-state index contributed by atoms with van der Waals surface area (Å²) >= 11 is 0. The van der Waals surface area contributed by atoms with Crippen molar-refractivity contribution in [2.75, 3.05) is 18.0 Å². The molecule has 0 aromatic carbocycles. The van der Waals surface area contributed by atoms with Gasteiger partial charge in [-0.15, -0.1) is 0 Å². The van der Waals surface area contributed by atoms with E-state index in [1.807, 2.05) is 19.3 Å². The lowest BCUT2D eigenvalue weighted by atomic mass is 10.3. The first-order valence-electron chi connectivity index (χ1n) is 6.27. The van der Waals surface area contributed by atoms with Gasteiger partial charge >= 0.3 is 0 Å². The van der Waals surface area contributed by atoms with Crippen LogP contribution < -0.4 is 4.90 Å². The van der Waals surface area contributed by atoms with Gasteiger partial charge in [0.25, 0.3) is 0 Å². The molecule has 0 saturated carbocycles. The predicted molar refractivity (Wildman–Crippen MR) is 69.6 cm³/mol. The quantitative estimate of drug-likeness (QED) is 0.806. The van der Waals surface area contributed by atoms with E-state index in [1.54, 1.807) is 6.20 Å². The third-order valence-corrected chi connectivity index (χ3v) is 3.33. The van der Waals surface area contributed by atoms with Crippen LogP contribution in [0.3, 0.4) is 0 Å². The topological polar surface area (TPSA) is 46.8 Å². The van der Waals surface area contributed by atoms with E-state index in [-0.39, 0.29) is 0 Å². The Morgan fingerprint density at radius 1 is 1.22 bits per heavy atom. The Labute approximate surface area is 106 Å². The summed E-state index contributed by atoms with van der Waals surface area (Å²) in [6.45, 7) is 6.02. The molecule has 5 nitrogen and oxygen atoms in total. The van der Waals surface area contributed by atoms with Crippen LogP contribution >= 0.6 is 0 Å². The van der Waals surface area contributed by atoms with Gasteiger partial charge in [-0.3, -0.25) is 9.67 Å². The zero-order valence-electron chi connectivity index (χ0n) is 10.7. The monoisotopic (exact) mass is 243 g/mol. The van der Waals surface area contributed by atoms with Crippen molar-refractivity contribution < 1.29 is 0 Å². The summed E-state index contributed by atoms with van der Waals surface area (Å²) < 4.78 is 2.07. The Morgan fingerprint density at radius 2 is 2.11 bits per heavy atom. The summed E-state index contributed by atoms with van der Waals surface area (Å²) in [6.07, 6.45) is 8.75. The van der Waals surface area contributed by atoms with Crippen LogP contribution in [-0.4, -0.2) is 32.8 Å². The second kappa shape index (κ2) is 4.40. The molecule has 1 aliphatic rings. The summed E-state index contributed by atoms with van der Waals surface area (Å²) in [7, 11) is 0. The van der Waals surface area contributed by atoms with Crippen molar-refractivity contribution in [1.29, 1.82) is 0 Å². The zero-order valence-corrected chi connectivity index (χ0v) is 10.7. The maximum atomic E-state index is 4.52. The number of anilines is 1. The van der Waals surface area contributed by atoms with Crippen LogP contribution in [-0.2, 0) is 0 Å². The highest BCUT2D eigenvalue weighted by Gasteiger charge is 2.25. The fourth-order valence-corrected chi connectivity index (χ4v) is 2.40. The molecule has 3 heterocycles. The average molecular weight is 243 g/mol. The van der Waals surface area contributed by atoms with Crippen LogP contribution in [0.5, 0.6) is 0 Å². The third-order valence-electron chi connectivity index (χ3n) is 3.33. The molecule has 2 aromatic rings. The molecule has 1 aliphatic heterocycles. The van der Waals surface area contributed by atoms with E-state index in [2.05, 4.69) is 37.8 Å². The van der Waals surface area contributed by atoms with E-state index < -0.39 is 0 Å². The van der Waals surface area contributed by atoms with Gasteiger partial charge in [0.05, 0.1) is 24.1 Å². The molecule has 0 radical (unpaired) electrons. The first-order valence-corrected chi connectivity index (χ1v) is 6.27. The van der Waals surface area contributed by atoms with Gasteiger partial charge in [0, 0.05) is 25.5 Å². The normalized spacial score (nSPS) is 19.4. The van der Waals surface area contributed by atoms with Crippen LogP contribution in [0.4, 0.5) is 5.82 Å². The molecule has 1 saturated heterocycles. The first-order chi connectivity index (χ1) is 8.72. The average Bonchev–Trinajstić information content (AvgIpc) is 2.97. The zero-order chi connectivity index (χ0) is 12.5. The summed E-state index contributed by atoms with van der Waals surface area (Å²) in [4.78, 5) is 11.0. The smallest absolute Gasteiger partial charge is 0.147 e. The number of rotatable bonds is 2. The molecule has 1 unspecified atom stereocenters. The van der Waals surface area contributed by atoms with E-state index in [1.165, 1.54) is 5.56 Å². The molecule has 0 aliphatic carbocycles. The van der Waals surface area contributed by atoms with Gasteiger partial charge in [-0.25, -0.2) is 4.98 Å². The van der Waals surface area contributed by atoms with Crippen LogP contribution in [0.15, 0.2) is 24.8 Å². The Morgan fingerprint density at radius 3 is 2.83 bits per heavy atom. The van der Waals surface area contributed by atoms with Crippen LogP contribution in [0.25, 0.3) is 0 Å². The molecule has 18 heavy (non-hydrogen) atoms. The van der Waals surface area contributed by atoms with Gasteiger partial charge in [0.15, 0.2) is 0 Å². The van der Waals surface area contributed by atoms with Crippen molar-refractivity contribution in [2.45, 2.75) is 26.3 Å². The standard InChI is InChI=1S/C13H17N5/c1-10-5-15-18(8-10)12-3-4-17(9-12)13-7-14-6-11(2)16-13/h5-8,12H,3-4,9H2,1-2H3. The highest BCUT2D eigenvalue weighted by Crippen LogP contribution is 2.24. The van der Waals surface area contributed by atoms with Gasteiger partial charge in [-0.2, -0.15) is 5.10 Å². The number of hydrogen-bond donors (Lipinski definition) is 0. The summed E-state index contributed by atoms with van der Waals surface area (Å²) in [5, 5.41) is 4.40. The first kappa shape index (κ1) is 11.2. The highest BCUT2D eigenvalue weighted by atomic mass is 15.3. The Bertz CT molecular complexity index is 548. The molecule has 1 fully saturated rings. The van der Waals surface area contributed by atoms with Gasteiger partial charge in [0.1, 0.15) is 5.82 Å². The number of aromatic nitrogens is 4. The van der Waals surface area contributed by atoms with Crippen LogP contribution in [0.1, 0.15) is 23.7 Å². The highest BCUT2D eigenvalue weighted by molar-refractivity contribution is 5.37. The molecule has 94 valence electrons. The molecular weight excluding hydrogens is 226 g/mol. The fourth-order valence-electron chi connectivity index (χ4n) is 2.40. The third kappa shape index (κ3) is 2.08. The molecule has 0 spiro atoms. The summed E-state index contributed by atoms with van der Waals surface area (Å²) in [6, 6.07) is 0.445. The van der Waals surface area contributed by atoms with E-state index >= 15 is 0 Å². The minimum absolute atomic E-state index is 0.445. The van der Waals surface area contributed by atoms with E-state index in [9.17, 15) is 0 Å². The Kier molecular flexibility index (Phi) is 2.74. The Hall–Kier alpha value is -1.91. The lowest BCUT2D eigenvalue weighted by Gasteiger charge is -2.17. The van der Waals surface area contributed by atoms with Crippen LogP contribution in [0, 0.1) is 13.8 Å². The van der Waals surface area contributed by atoms with Gasteiger partial charge in [-0.05, 0) is 25.8 Å². The van der Waals surface area contributed by atoms with E-state index in [4.69, 9.17) is 0 Å². The van der Waals surface area contributed by atoms with E-state index in [0.29, 0.717) is 6.04 Å². The number of aryl methyl sites for hydroxylation is 2. The maximum absolute atomic E-state index is 4.52. The molecule has 2 aromatic heterocycles. The minimum Gasteiger partial charge on any atom is -0.353 e. The van der Waals surface area contributed by atoms with E-state index in [0.717, 1.165) is 31.0 Å². The lowest BCUT2D eigenvalue weighted by molar-refractivity contribution is 0.494. The molecule has 1 atom stereocenters. The summed E-state index contributed by atoms with van der Waals surface area (Å²) in [5.74, 6) is 0.973. The maximum Gasteiger partial charge on any atom is 0.147 e. The summed E-state index contributed by atoms with van der Waals surface area (Å²) in [5.41, 5.74) is 2.18. The lowest BCUT2D eigenvalue weighted by Crippen LogP contribution is -2.22. The van der Waals surface area contributed by atoms with Gasteiger partial charge in [0.2, 0.25) is 0 Å². The fraction of sp³-hybridized carbons (Fsp3) is 0.462. The number of nitrogens with zero attached hydrogens (tertiary/aromatic N) is 5. The molecule has 5 heteroatoms. The Balaban J connectivity index is 1.75.